The van der Waals surface area contributed by atoms with Gasteiger partial charge in [0.2, 0.25) is 0 Å². The van der Waals surface area contributed by atoms with Gasteiger partial charge in [0.25, 0.3) is 0 Å². The van der Waals surface area contributed by atoms with Crippen LogP contribution >= 0.6 is 45.2 Å². The van der Waals surface area contributed by atoms with Crippen LogP contribution in [0.1, 0.15) is 16.7 Å². The van der Waals surface area contributed by atoms with Crippen LogP contribution in [0.25, 0.3) is 0 Å². The molecule has 0 saturated carbocycles. The Bertz CT molecular complexity index is 846. The lowest BCUT2D eigenvalue weighted by atomic mass is 10.1. The third kappa shape index (κ3) is 8.81. The summed E-state index contributed by atoms with van der Waals surface area (Å²) < 4.78 is 19.8. The van der Waals surface area contributed by atoms with Crippen LogP contribution in [0.4, 0.5) is 0 Å². The monoisotopic (exact) mass is 642 g/mol. The first-order chi connectivity index (χ1) is 15.3. The van der Waals surface area contributed by atoms with E-state index in [2.05, 4.69) is 81.6 Å². The summed E-state index contributed by atoms with van der Waals surface area (Å²) in [5.41, 5.74) is 3.51. The van der Waals surface area contributed by atoms with E-state index in [1.807, 2.05) is 54.6 Å². The number of hydrogen-bond donors (Lipinski definition) is 0. The summed E-state index contributed by atoms with van der Waals surface area (Å²) in [6, 6.07) is 30.8. The summed E-state index contributed by atoms with van der Waals surface area (Å²) in [6.07, 6.45) is -0.0936. The van der Waals surface area contributed by atoms with E-state index in [1.165, 1.54) is 11.1 Å². The third-order valence-electron chi connectivity index (χ3n) is 4.86. The molecule has 0 amide bonds. The normalized spacial score (nSPS) is 14.1. The zero-order valence-electron chi connectivity index (χ0n) is 17.4. The van der Waals surface area contributed by atoms with Gasteiger partial charge in [0.05, 0.1) is 42.6 Å². The first kappa shape index (κ1) is 24.6. The molecule has 0 aromatic heterocycles. The van der Waals surface area contributed by atoms with Gasteiger partial charge in [-0.3, -0.25) is 0 Å². The van der Waals surface area contributed by atoms with Crippen molar-refractivity contribution >= 4 is 45.2 Å². The number of benzene rings is 3. The molecule has 0 aliphatic heterocycles. The summed E-state index contributed by atoms with van der Waals surface area (Å²) >= 11 is 4.84. The maximum atomic E-state index is 6.42. The van der Waals surface area contributed by atoms with Crippen molar-refractivity contribution in [2.45, 2.75) is 36.0 Å². The minimum Gasteiger partial charge on any atom is -0.376 e. The average Bonchev–Trinajstić information content (AvgIpc) is 2.83. The van der Waals surface area contributed by atoms with Gasteiger partial charge in [-0.15, -0.1) is 0 Å². The Hall–Kier alpha value is -1.00. The molecule has 0 aliphatic carbocycles. The van der Waals surface area contributed by atoms with Crippen molar-refractivity contribution < 1.29 is 14.2 Å². The summed E-state index contributed by atoms with van der Waals surface area (Å²) in [5, 5.41) is 0. The fraction of sp³-hybridized carbons (Fsp3) is 0.308. The summed E-state index contributed by atoms with van der Waals surface area (Å²) in [4.78, 5) is 0. The number of hydrogen-bond acceptors (Lipinski definition) is 3. The Kier molecular flexibility index (Phi) is 11.3. The van der Waals surface area contributed by atoms with Crippen molar-refractivity contribution in [1.82, 2.24) is 0 Å². The molecular formula is C26H28I2O3. The minimum absolute atomic E-state index is 0.0215. The molecule has 0 unspecified atom stereocenters. The van der Waals surface area contributed by atoms with Crippen molar-refractivity contribution in [3.8, 4) is 0 Å². The molecule has 3 aromatic rings. The van der Waals surface area contributed by atoms with Crippen LogP contribution in [-0.2, 0) is 34.0 Å². The zero-order valence-corrected chi connectivity index (χ0v) is 21.7. The largest absolute Gasteiger partial charge is 0.376 e. The molecule has 0 fully saturated rings. The predicted molar refractivity (Wildman–Crippen MR) is 143 cm³/mol. The Morgan fingerprint density at radius 2 is 1.06 bits per heavy atom. The Labute approximate surface area is 212 Å². The lowest BCUT2D eigenvalue weighted by molar-refractivity contribution is -0.0798. The van der Waals surface area contributed by atoms with Gasteiger partial charge in [-0.05, 0) is 16.7 Å². The molecule has 3 nitrogen and oxygen atoms in total. The first-order valence-corrected chi connectivity index (χ1v) is 13.2. The molecule has 0 saturated heterocycles. The van der Waals surface area contributed by atoms with E-state index in [0.29, 0.717) is 26.4 Å². The standard InChI is InChI=1S/C26H28I2O3/c27-16-25(30-18-22-12-6-2-7-13-22)26(31-19-23-14-8-3-9-15-23)24(28)20-29-17-21-10-4-1-5-11-21/h1-15,24-26H,16-20H2/t24-,25+,26+/m0/s1. The van der Waals surface area contributed by atoms with E-state index in [0.717, 1.165) is 9.99 Å². The number of ether oxygens (including phenoxy) is 3. The smallest absolute Gasteiger partial charge is 0.0988 e. The highest BCUT2D eigenvalue weighted by Gasteiger charge is 2.29. The van der Waals surface area contributed by atoms with E-state index in [4.69, 9.17) is 14.2 Å². The summed E-state index contributed by atoms with van der Waals surface area (Å²) in [5.74, 6) is 0. The quantitative estimate of drug-likeness (QED) is 0.155. The molecule has 3 atom stereocenters. The van der Waals surface area contributed by atoms with Gasteiger partial charge in [-0.25, -0.2) is 0 Å². The van der Waals surface area contributed by atoms with Crippen LogP contribution in [0.5, 0.6) is 0 Å². The average molecular weight is 642 g/mol. The SMILES string of the molecule is IC[C@@H](OCc1ccccc1)[C@H](OCc1ccccc1)[C@@H](I)COCc1ccccc1. The Morgan fingerprint density at radius 3 is 1.55 bits per heavy atom. The second-order valence-electron chi connectivity index (χ2n) is 7.27. The highest BCUT2D eigenvalue weighted by Crippen LogP contribution is 2.22. The van der Waals surface area contributed by atoms with Gasteiger partial charge in [0.1, 0.15) is 0 Å². The van der Waals surface area contributed by atoms with Gasteiger partial charge >= 0.3 is 0 Å². The lowest BCUT2D eigenvalue weighted by Crippen LogP contribution is -2.41. The molecule has 0 N–H and O–H groups in total. The maximum absolute atomic E-state index is 6.42. The van der Waals surface area contributed by atoms with Gasteiger partial charge in [-0.1, -0.05) is 136 Å². The Balaban J connectivity index is 1.61. The van der Waals surface area contributed by atoms with E-state index >= 15 is 0 Å². The fourth-order valence-corrected chi connectivity index (χ4v) is 4.85. The molecule has 0 aliphatic rings. The molecule has 5 heteroatoms. The van der Waals surface area contributed by atoms with E-state index in [1.54, 1.807) is 0 Å². The highest BCUT2D eigenvalue weighted by molar-refractivity contribution is 14.1. The molecule has 0 heterocycles. The topological polar surface area (TPSA) is 27.7 Å². The van der Waals surface area contributed by atoms with Crippen LogP contribution < -0.4 is 0 Å². The summed E-state index contributed by atoms with van der Waals surface area (Å²) in [6.45, 7) is 2.35. The molecule has 164 valence electrons. The molecular weight excluding hydrogens is 614 g/mol. The van der Waals surface area contributed by atoms with Crippen molar-refractivity contribution in [3.63, 3.8) is 0 Å². The molecule has 3 rings (SSSR count). The van der Waals surface area contributed by atoms with Gasteiger partial charge in [0, 0.05) is 4.43 Å². The third-order valence-corrected chi connectivity index (χ3v) is 6.79. The van der Waals surface area contributed by atoms with Crippen molar-refractivity contribution in [2.24, 2.45) is 0 Å². The molecule has 0 radical (unpaired) electrons. The van der Waals surface area contributed by atoms with Crippen LogP contribution in [-0.4, -0.2) is 27.2 Å². The van der Waals surface area contributed by atoms with Crippen molar-refractivity contribution in [1.29, 1.82) is 0 Å². The summed E-state index contributed by atoms with van der Waals surface area (Å²) in [7, 11) is 0. The Morgan fingerprint density at radius 1 is 0.613 bits per heavy atom. The number of rotatable bonds is 13. The van der Waals surface area contributed by atoms with Gasteiger partial charge < -0.3 is 14.2 Å². The molecule has 0 spiro atoms. The zero-order chi connectivity index (χ0) is 21.7. The second-order valence-corrected chi connectivity index (χ2v) is 9.75. The molecule has 31 heavy (non-hydrogen) atoms. The van der Waals surface area contributed by atoms with Crippen LogP contribution in [0.15, 0.2) is 91.0 Å². The van der Waals surface area contributed by atoms with Crippen LogP contribution in [0, 0.1) is 0 Å². The highest BCUT2D eigenvalue weighted by atomic mass is 127. The molecule has 0 bridgehead atoms. The predicted octanol–water partition coefficient (Wildman–Crippen LogP) is 6.61. The molecule has 3 aromatic carbocycles. The second kappa shape index (κ2) is 14.2. The van der Waals surface area contributed by atoms with E-state index in [-0.39, 0.29) is 16.1 Å². The fourth-order valence-electron chi connectivity index (χ4n) is 3.17. The number of alkyl halides is 2. The minimum atomic E-state index is -0.0720. The maximum Gasteiger partial charge on any atom is 0.0988 e. The van der Waals surface area contributed by atoms with E-state index in [9.17, 15) is 0 Å². The van der Waals surface area contributed by atoms with Crippen LogP contribution in [0.3, 0.4) is 0 Å². The lowest BCUT2D eigenvalue weighted by Gasteiger charge is -2.30. The van der Waals surface area contributed by atoms with E-state index < -0.39 is 0 Å². The van der Waals surface area contributed by atoms with Gasteiger partial charge in [-0.2, -0.15) is 0 Å². The van der Waals surface area contributed by atoms with Gasteiger partial charge in [0.15, 0.2) is 0 Å². The number of halogens is 2. The van der Waals surface area contributed by atoms with Crippen LogP contribution in [0.2, 0.25) is 0 Å². The first-order valence-electron chi connectivity index (χ1n) is 10.4. The van der Waals surface area contributed by atoms with Crippen molar-refractivity contribution in [3.05, 3.63) is 108 Å². The van der Waals surface area contributed by atoms with Crippen molar-refractivity contribution in [2.75, 3.05) is 11.0 Å².